The van der Waals surface area contributed by atoms with Gasteiger partial charge in [0.2, 0.25) is 5.91 Å². The molecule has 1 N–H and O–H groups in total. The molecule has 0 atom stereocenters. The smallest absolute Gasteiger partial charge is 0.225 e. The minimum Gasteiger partial charge on any atom is -0.378 e. The quantitative estimate of drug-likeness (QED) is 0.763. The number of hydrogen-bond acceptors (Lipinski definition) is 4. The van der Waals surface area contributed by atoms with Gasteiger partial charge in [0.25, 0.3) is 0 Å². The maximum atomic E-state index is 12.1. The van der Waals surface area contributed by atoms with Crippen LogP contribution in [0.5, 0.6) is 0 Å². The molecule has 0 aromatic carbocycles. The monoisotopic (exact) mass is 255 g/mol. The van der Waals surface area contributed by atoms with Crippen LogP contribution in [0.15, 0.2) is 0 Å². The molecule has 2 rings (SSSR count). The fourth-order valence-corrected chi connectivity index (χ4v) is 2.42. The highest BCUT2D eigenvalue weighted by Crippen LogP contribution is 2.16. The van der Waals surface area contributed by atoms with Gasteiger partial charge in [-0.15, -0.1) is 0 Å². The van der Waals surface area contributed by atoms with E-state index in [0.29, 0.717) is 12.5 Å². The van der Waals surface area contributed by atoms with Crippen molar-refractivity contribution in [1.82, 2.24) is 15.1 Å². The van der Waals surface area contributed by atoms with Gasteiger partial charge in [-0.1, -0.05) is 0 Å². The minimum absolute atomic E-state index is 0.216. The molecule has 18 heavy (non-hydrogen) atoms. The standard InChI is InChI=1S/C13H25N3O2/c1-13(2,18-3)8-12(17)16-6-4-15(5-7-16)11-9-14-10-11/h11,14H,4-10H2,1-3H3. The Bertz CT molecular complexity index is 295. The second-order valence-corrected chi connectivity index (χ2v) is 5.87. The van der Waals surface area contributed by atoms with Crippen LogP contribution in [0.2, 0.25) is 0 Å². The Morgan fingerprint density at radius 3 is 2.33 bits per heavy atom. The number of carbonyl (C=O) groups is 1. The first-order valence-electron chi connectivity index (χ1n) is 6.79. The molecular formula is C13H25N3O2. The van der Waals surface area contributed by atoms with Crippen LogP contribution < -0.4 is 5.32 Å². The van der Waals surface area contributed by atoms with Crippen molar-refractivity contribution in [2.45, 2.75) is 31.9 Å². The third-order valence-electron chi connectivity index (χ3n) is 4.07. The van der Waals surface area contributed by atoms with E-state index >= 15 is 0 Å². The van der Waals surface area contributed by atoms with Gasteiger partial charge in [-0.3, -0.25) is 9.69 Å². The number of piperazine rings is 1. The van der Waals surface area contributed by atoms with E-state index in [4.69, 9.17) is 4.74 Å². The van der Waals surface area contributed by atoms with Gasteiger partial charge in [0, 0.05) is 52.4 Å². The van der Waals surface area contributed by atoms with Crippen LogP contribution in [0.3, 0.4) is 0 Å². The molecule has 0 radical (unpaired) electrons. The van der Waals surface area contributed by atoms with Gasteiger partial charge in [0.05, 0.1) is 12.0 Å². The topological polar surface area (TPSA) is 44.8 Å². The lowest BCUT2D eigenvalue weighted by molar-refractivity contribution is -0.138. The Balaban J connectivity index is 1.76. The van der Waals surface area contributed by atoms with E-state index < -0.39 is 0 Å². The molecule has 0 bridgehead atoms. The zero-order valence-corrected chi connectivity index (χ0v) is 11.7. The van der Waals surface area contributed by atoms with Crippen molar-refractivity contribution in [3.05, 3.63) is 0 Å². The summed E-state index contributed by atoms with van der Waals surface area (Å²) in [6.07, 6.45) is 0.467. The molecule has 2 saturated heterocycles. The lowest BCUT2D eigenvalue weighted by Gasteiger charge is -2.43. The summed E-state index contributed by atoms with van der Waals surface area (Å²) in [6, 6.07) is 0.692. The van der Waals surface area contributed by atoms with Crippen molar-refractivity contribution < 1.29 is 9.53 Å². The Morgan fingerprint density at radius 2 is 1.89 bits per heavy atom. The zero-order valence-electron chi connectivity index (χ0n) is 11.7. The molecule has 2 heterocycles. The summed E-state index contributed by atoms with van der Waals surface area (Å²) < 4.78 is 5.32. The molecule has 0 aromatic rings. The zero-order chi connectivity index (χ0) is 13.2. The summed E-state index contributed by atoms with van der Waals surface area (Å²) in [5.41, 5.74) is -0.355. The van der Waals surface area contributed by atoms with Gasteiger partial charge in [0.15, 0.2) is 0 Å². The van der Waals surface area contributed by atoms with E-state index in [1.54, 1.807) is 7.11 Å². The van der Waals surface area contributed by atoms with Crippen molar-refractivity contribution in [3.8, 4) is 0 Å². The van der Waals surface area contributed by atoms with Gasteiger partial charge >= 0.3 is 0 Å². The van der Waals surface area contributed by atoms with Crippen LogP contribution in [0.1, 0.15) is 20.3 Å². The number of carbonyl (C=O) groups excluding carboxylic acids is 1. The Hall–Kier alpha value is -0.650. The molecule has 2 fully saturated rings. The van der Waals surface area contributed by atoms with Crippen molar-refractivity contribution in [1.29, 1.82) is 0 Å². The average Bonchev–Trinajstić information content (AvgIpc) is 2.27. The molecular weight excluding hydrogens is 230 g/mol. The highest BCUT2D eigenvalue weighted by Gasteiger charge is 2.31. The molecule has 104 valence electrons. The molecule has 0 saturated carbocycles. The van der Waals surface area contributed by atoms with Crippen LogP contribution in [0, 0.1) is 0 Å². The largest absolute Gasteiger partial charge is 0.378 e. The number of amides is 1. The van der Waals surface area contributed by atoms with E-state index in [2.05, 4.69) is 10.2 Å². The summed E-state index contributed by atoms with van der Waals surface area (Å²) >= 11 is 0. The lowest BCUT2D eigenvalue weighted by Crippen LogP contribution is -2.62. The van der Waals surface area contributed by atoms with E-state index in [1.165, 1.54) is 0 Å². The average molecular weight is 255 g/mol. The second kappa shape index (κ2) is 5.55. The van der Waals surface area contributed by atoms with Gasteiger partial charge in [-0.05, 0) is 13.8 Å². The van der Waals surface area contributed by atoms with E-state index in [-0.39, 0.29) is 11.5 Å². The second-order valence-electron chi connectivity index (χ2n) is 5.87. The van der Waals surface area contributed by atoms with E-state index in [1.807, 2.05) is 18.7 Å². The molecule has 5 heteroatoms. The third kappa shape index (κ3) is 3.22. The van der Waals surface area contributed by atoms with Crippen LogP contribution in [-0.4, -0.2) is 73.7 Å². The Kier molecular flexibility index (Phi) is 4.25. The van der Waals surface area contributed by atoms with Gasteiger partial charge in [-0.25, -0.2) is 0 Å². The molecule has 5 nitrogen and oxygen atoms in total. The van der Waals surface area contributed by atoms with E-state index in [9.17, 15) is 4.79 Å². The number of rotatable bonds is 4. The molecule has 0 aromatic heterocycles. The van der Waals surface area contributed by atoms with Crippen LogP contribution in [-0.2, 0) is 9.53 Å². The number of methoxy groups -OCH3 is 1. The lowest BCUT2D eigenvalue weighted by atomic mass is 10.0. The summed E-state index contributed by atoms with van der Waals surface area (Å²) in [7, 11) is 1.66. The van der Waals surface area contributed by atoms with Gasteiger partial charge in [0.1, 0.15) is 0 Å². The van der Waals surface area contributed by atoms with Crippen LogP contribution in [0.25, 0.3) is 0 Å². The molecule has 1 amide bonds. The van der Waals surface area contributed by atoms with Gasteiger partial charge < -0.3 is 15.0 Å². The van der Waals surface area contributed by atoms with Crippen LogP contribution in [0.4, 0.5) is 0 Å². The molecule has 2 aliphatic rings. The summed E-state index contributed by atoms with van der Waals surface area (Å²) in [6.45, 7) is 9.85. The fraction of sp³-hybridized carbons (Fsp3) is 0.923. The maximum absolute atomic E-state index is 12.1. The molecule has 0 unspecified atom stereocenters. The van der Waals surface area contributed by atoms with Crippen LogP contribution >= 0.6 is 0 Å². The van der Waals surface area contributed by atoms with Crippen molar-refractivity contribution in [2.24, 2.45) is 0 Å². The summed E-state index contributed by atoms with van der Waals surface area (Å²) in [4.78, 5) is 16.6. The number of nitrogens with zero attached hydrogens (tertiary/aromatic N) is 2. The Labute approximate surface area is 109 Å². The van der Waals surface area contributed by atoms with Crippen molar-refractivity contribution in [3.63, 3.8) is 0 Å². The van der Waals surface area contributed by atoms with E-state index in [0.717, 1.165) is 39.3 Å². The Morgan fingerprint density at radius 1 is 1.28 bits per heavy atom. The first-order chi connectivity index (χ1) is 8.52. The third-order valence-corrected chi connectivity index (χ3v) is 4.07. The SMILES string of the molecule is COC(C)(C)CC(=O)N1CCN(C2CNC2)CC1. The number of ether oxygens (including phenoxy) is 1. The summed E-state index contributed by atoms with van der Waals surface area (Å²) in [5.74, 6) is 0.216. The first-order valence-corrected chi connectivity index (χ1v) is 6.79. The normalized spacial score (nSPS) is 22.9. The highest BCUT2D eigenvalue weighted by molar-refractivity contribution is 5.77. The predicted molar refractivity (Wildman–Crippen MR) is 70.5 cm³/mol. The van der Waals surface area contributed by atoms with Crippen molar-refractivity contribution >= 4 is 5.91 Å². The highest BCUT2D eigenvalue weighted by atomic mass is 16.5. The minimum atomic E-state index is -0.355. The summed E-state index contributed by atoms with van der Waals surface area (Å²) in [5, 5.41) is 3.29. The first kappa shape index (κ1) is 13.8. The maximum Gasteiger partial charge on any atom is 0.225 e. The molecule has 0 spiro atoms. The molecule has 2 aliphatic heterocycles. The molecule has 0 aliphatic carbocycles. The van der Waals surface area contributed by atoms with Gasteiger partial charge in [-0.2, -0.15) is 0 Å². The predicted octanol–water partition coefficient (Wildman–Crippen LogP) is -0.0825. The van der Waals surface area contributed by atoms with Crippen molar-refractivity contribution in [2.75, 3.05) is 46.4 Å². The fourth-order valence-electron chi connectivity index (χ4n) is 2.42. The number of hydrogen-bond donors (Lipinski definition) is 1. The number of nitrogens with one attached hydrogen (secondary N) is 1.